The van der Waals surface area contributed by atoms with Crippen LogP contribution >= 0.6 is 0 Å². The Bertz CT molecular complexity index is 795. The van der Waals surface area contributed by atoms with E-state index in [0.29, 0.717) is 34.9 Å². The summed E-state index contributed by atoms with van der Waals surface area (Å²) in [6.07, 6.45) is 0. The fraction of sp³-hybridized carbons (Fsp3) is 0.300. The number of nitrogens with one attached hydrogen (secondary N) is 2. The quantitative estimate of drug-likeness (QED) is 0.694. The Morgan fingerprint density at radius 1 is 0.815 bits per heavy atom. The minimum absolute atomic E-state index is 0.180. The van der Waals surface area contributed by atoms with E-state index in [2.05, 4.69) is 10.6 Å². The van der Waals surface area contributed by atoms with E-state index in [1.807, 2.05) is 25.1 Å². The molecule has 0 aliphatic rings. The number of carbonyl (C=O) groups excluding carboxylic acids is 2. The summed E-state index contributed by atoms with van der Waals surface area (Å²) in [7, 11) is 4.47. The maximum Gasteiger partial charge on any atom is 0.251 e. The second-order valence-corrected chi connectivity index (χ2v) is 5.80. The summed E-state index contributed by atoms with van der Waals surface area (Å²) in [4.78, 5) is 24.4. The summed E-state index contributed by atoms with van der Waals surface area (Å²) in [5, 5.41) is 5.52. The minimum Gasteiger partial charge on any atom is -0.493 e. The van der Waals surface area contributed by atoms with Gasteiger partial charge in [-0.15, -0.1) is 0 Å². The second-order valence-electron chi connectivity index (χ2n) is 5.80. The van der Waals surface area contributed by atoms with Gasteiger partial charge in [0.15, 0.2) is 11.5 Å². The van der Waals surface area contributed by atoms with Crippen molar-refractivity contribution in [2.75, 3.05) is 34.4 Å². The Morgan fingerprint density at radius 3 is 1.85 bits per heavy atom. The maximum atomic E-state index is 12.4. The zero-order valence-corrected chi connectivity index (χ0v) is 15.9. The molecule has 0 aliphatic carbocycles. The average molecular weight is 372 g/mol. The number of hydrogen-bond donors (Lipinski definition) is 2. The SMILES string of the molecule is COc1cc(C(=O)NCCNC(=O)c2cccc(C)c2)cc(OC)c1OC. The van der Waals surface area contributed by atoms with E-state index in [4.69, 9.17) is 14.2 Å². The minimum atomic E-state index is -0.306. The van der Waals surface area contributed by atoms with Crippen molar-refractivity contribution in [2.24, 2.45) is 0 Å². The van der Waals surface area contributed by atoms with Crippen LogP contribution in [0.25, 0.3) is 0 Å². The summed E-state index contributed by atoms with van der Waals surface area (Å²) in [6, 6.07) is 10.5. The highest BCUT2D eigenvalue weighted by atomic mass is 16.5. The van der Waals surface area contributed by atoms with E-state index in [0.717, 1.165) is 5.56 Å². The van der Waals surface area contributed by atoms with Gasteiger partial charge in [0, 0.05) is 24.2 Å². The Kier molecular flexibility index (Phi) is 7.05. The molecule has 0 aromatic heterocycles. The lowest BCUT2D eigenvalue weighted by molar-refractivity contribution is 0.0927. The molecule has 0 atom stereocenters. The van der Waals surface area contributed by atoms with Crippen LogP contribution < -0.4 is 24.8 Å². The van der Waals surface area contributed by atoms with Crippen LogP contribution in [0.15, 0.2) is 36.4 Å². The first-order valence-corrected chi connectivity index (χ1v) is 8.43. The lowest BCUT2D eigenvalue weighted by Gasteiger charge is -2.14. The van der Waals surface area contributed by atoms with E-state index < -0.39 is 0 Å². The van der Waals surface area contributed by atoms with E-state index in [-0.39, 0.29) is 18.4 Å². The molecule has 0 unspecified atom stereocenters. The number of methoxy groups -OCH3 is 3. The highest BCUT2D eigenvalue weighted by molar-refractivity contribution is 5.96. The third-order valence-electron chi connectivity index (χ3n) is 3.90. The number of hydrogen-bond acceptors (Lipinski definition) is 5. The summed E-state index contributed by atoms with van der Waals surface area (Å²) in [5.74, 6) is 0.728. The molecule has 2 rings (SSSR count). The third-order valence-corrected chi connectivity index (χ3v) is 3.90. The van der Waals surface area contributed by atoms with Gasteiger partial charge in [-0.2, -0.15) is 0 Å². The predicted octanol–water partition coefficient (Wildman–Crippen LogP) is 2.18. The molecule has 7 nitrogen and oxygen atoms in total. The van der Waals surface area contributed by atoms with Gasteiger partial charge >= 0.3 is 0 Å². The first-order valence-electron chi connectivity index (χ1n) is 8.43. The molecule has 7 heteroatoms. The van der Waals surface area contributed by atoms with E-state index in [1.54, 1.807) is 18.2 Å². The van der Waals surface area contributed by atoms with Gasteiger partial charge in [-0.25, -0.2) is 0 Å². The monoisotopic (exact) mass is 372 g/mol. The van der Waals surface area contributed by atoms with Gasteiger partial charge in [0.1, 0.15) is 0 Å². The summed E-state index contributed by atoms with van der Waals surface area (Å²) >= 11 is 0. The molecule has 2 amide bonds. The molecule has 0 saturated heterocycles. The Hall–Kier alpha value is -3.22. The number of benzene rings is 2. The predicted molar refractivity (Wildman–Crippen MR) is 102 cm³/mol. The Balaban J connectivity index is 1.93. The van der Waals surface area contributed by atoms with Gasteiger partial charge in [-0.05, 0) is 31.2 Å². The van der Waals surface area contributed by atoms with Crippen molar-refractivity contribution in [3.05, 3.63) is 53.1 Å². The van der Waals surface area contributed by atoms with E-state index >= 15 is 0 Å². The smallest absolute Gasteiger partial charge is 0.251 e. The fourth-order valence-electron chi connectivity index (χ4n) is 2.55. The first kappa shape index (κ1) is 20.1. The lowest BCUT2D eigenvalue weighted by atomic mass is 10.1. The molecule has 0 radical (unpaired) electrons. The standard InChI is InChI=1S/C20H24N2O5/c1-13-6-5-7-14(10-13)19(23)21-8-9-22-20(24)15-11-16(25-2)18(27-4)17(12-15)26-3/h5-7,10-12H,8-9H2,1-4H3,(H,21,23)(H,22,24). The van der Waals surface area contributed by atoms with Crippen LogP contribution in [0, 0.1) is 6.92 Å². The highest BCUT2D eigenvalue weighted by Crippen LogP contribution is 2.38. The normalized spacial score (nSPS) is 10.1. The molecular formula is C20H24N2O5. The number of aryl methyl sites for hydroxylation is 1. The molecule has 0 heterocycles. The van der Waals surface area contributed by atoms with Crippen molar-refractivity contribution >= 4 is 11.8 Å². The molecule has 0 fully saturated rings. The van der Waals surface area contributed by atoms with Crippen LogP contribution in [0.4, 0.5) is 0 Å². The number of carbonyl (C=O) groups is 2. The van der Waals surface area contributed by atoms with Crippen molar-refractivity contribution in [3.63, 3.8) is 0 Å². The van der Waals surface area contributed by atoms with Crippen LogP contribution in [-0.4, -0.2) is 46.2 Å². The summed E-state index contributed by atoms with van der Waals surface area (Å²) in [6.45, 7) is 2.52. The largest absolute Gasteiger partial charge is 0.493 e. The van der Waals surface area contributed by atoms with Crippen molar-refractivity contribution in [3.8, 4) is 17.2 Å². The van der Waals surface area contributed by atoms with Crippen LogP contribution in [0.2, 0.25) is 0 Å². The van der Waals surface area contributed by atoms with Gasteiger partial charge in [0.05, 0.1) is 21.3 Å². The van der Waals surface area contributed by atoms with Crippen molar-refractivity contribution < 1.29 is 23.8 Å². The molecule has 0 spiro atoms. The van der Waals surface area contributed by atoms with Crippen LogP contribution in [0.1, 0.15) is 26.3 Å². The zero-order valence-electron chi connectivity index (χ0n) is 15.9. The molecule has 2 aromatic rings. The summed E-state index contributed by atoms with van der Waals surface area (Å²) in [5.41, 5.74) is 1.97. The molecule has 144 valence electrons. The number of rotatable bonds is 8. The van der Waals surface area contributed by atoms with Crippen LogP contribution in [0.5, 0.6) is 17.2 Å². The fourth-order valence-corrected chi connectivity index (χ4v) is 2.55. The second kappa shape index (κ2) is 9.47. The molecule has 27 heavy (non-hydrogen) atoms. The van der Waals surface area contributed by atoms with Gasteiger partial charge in [-0.3, -0.25) is 9.59 Å². The van der Waals surface area contributed by atoms with E-state index in [1.165, 1.54) is 21.3 Å². The lowest BCUT2D eigenvalue weighted by Crippen LogP contribution is -2.34. The van der Waals surface area contributed by atoms with Gasteiger partial charge in [-0.1, -0.05) is 17.7 Å². The molecule has 2 N–H and O–H groups in total. The van der Waals surface area contributed by atoms with E-state index in [9.17, 15) is 9.59 Å². The number of amides is 2. The molecule has 2 aromatic carbocycles. The molecular weight excluding hydrogens is 348 g/mol. The average Bonchev–Trinajstić information content (AvgIpc) is 2.69. The topological polar surface area (TPSA) is 85.9 Å². The molecule has 0 saturated carbocycles. The van der Waals surface area contributed by atoms with Crippen LogP contribution in [-0.2, 0) is 0 Å². The first-order chi connectivity index (χ1) is 13.0. The van der Waals surface area contributed by atoms with Crippen molar-refractivity contribution in [2.45, 2.75) is 6.92 Å². The molecule has 0 bridgehead atoms. The zero-order chi connectivity index (χ0) is 19.8. The third kappa shape index (κ3) is 5.13. The summed E-state index contributed by atoms with van der Waals surface area (Å²) < 4.78 is 15.7. The Morgan fingerprint density at radius 2 is 1.37 bits per heavy atom. The Labute approximate surface area is 158 Å². The number of ether oxygens (including phenoxy) is 3. The van der Waals surface area contributed by atoms with Crippen LogP contribution in [0.3, 0.4) is 0 Å². The molecule has 0 aliphatic heterocycles. The van der Waals surface area contributed by atoms with Gasteiger partial charge < -0.3 is 24.8 Å². The van der Waals surface area contributed by atoms with Crippen molar-refractivity contribution in [1.82, 2.24) is 10.6 Å². The highest BCUT2D eigenvalue weighted by Gasteiger charge is 2.16. The van der Waals surface area contributed by atoms with Crippen molar-refractivity contribution in [1.29, 1.82) is 0 Å². The van der Waals surface area contributed by atoms with Gasteiger partial charge in [0.25, 0.3) is 11.8 Å². The maximum absolute atomic E-state index is 12.4. The van der Waals surface area contributed by atoms with Gasteiger partial charge in [0.2, 0.25) is 5.75 Å².